The Balaban J connectivity index is 2.20. The predicted octanol–water partition coefficient (Wildman–Crippen LogP) is 0.847. The molecule has 1 aromatic heterocycles. The molecule has 2 aromatic rings. The van der Waals surface area contributed by atoms with Crippen molar-refractivity contribution in [3.8, 4) is 5.75 Å². The molecule has 0 unspecified atom stereocenters. The van der Waals surface area contributed by atoms with Crippen LogP contribution in [0.2, 0.25) is 0 Å². The summed E-state index contributed by atoms with van der Waals surface area (Å²) in [4.78, 5) is 0. The number of rotatable bonds is 4. The number of benzene rings is 1. The quantitative estimate of drug-likeness (QED) is 0.833. The van der Waals surface area contributed by atoms with Crippen molar-refractivity contribution in [3.05, 3.63) is 42.1 Å². The van der Waals surface area contributed by atoms with E-state index in [0.717, 1.165) is 11.3 Å². The van der Waals surface area contributed by atoms with E-state index < -0.39 is 0 Å². The van der Waals surface area contributed by atoms with Crippen molar-refractivity contribution in [1.82, 2.24) is 15.0 Å². The van der Waals surface area contributed by atoms with Crippen LogP contribution in [0.1, 0.15) is 11.3 Å². The topological polar surface area (TPSA) is 92.0 Å². The minimum Gasteiger partial charge on any atom is -0.497 e. The first-order valence-corrected chi connectivity index (χ1v) is 5.38. The largest absolute Gasteiger partial charge is 0.497 e. The zero-order valence-electron chi connectivity index (χ0n) is 10.1. The fraction of sp³-hybridized carbons (Fsp3) is 0.167. The van der Waals surface area contributed by atoms with Crippen LogP contribution in [0.25, 0.3) is 5.70 Å². The molecule has 0 saturated carbocycles. The van der Waals surface area contributed by atoms with Gasteiger partial charge < -0.3 is 16.2 Å². The number of nitrogen functional groups attached to an aromatic ring is 1. The summed E-state index contributed by atoms with van der Waals surface area (Å²) in [5.74, 6) is 1.22. The molecule has 0 aliphatic carbocycles. The van der Waals surface area contributed by atoms with Crippen LogP contribution in [0.5, 0.6) is 5.75 Å². The van der Waals surface area contributed by atoms with Crippen LogP contribution in [0, 0.1) is 0 Å². The van der Waals surface area contributed by atoms with Gasteiger partial charge in [0.25, 0.3) is 0 Å². The summed E-state index contributed by atoms with van der Waals surface area (Å²) in [5.41, 5.74) is 13.2. The number of methoxy groups -OCH3 is 1. The van der Waals surface area contributed by atoms with E-state index in [1.54, 1.807) is 11.8 Å². The Morgan fingerprint density at radius 1 is 1.39 bits per heavy atom. The smallest absolute Gasteiger partial charge is 0.152 e. The van der Waals surface area contributed by atoms with E-state index in [0.29, 0.717) is 23.8 Å². The molecule has 0 spiro atoms. The van der Waals surface area contributed by atoms with Crippen LogP contribution in [0.3, 0.4) is 0 Å². The molecule has 0 amide bonds. The molecule has 6 nitrogen and oxygen atoms in total. The molecule has 1 aromatic carbocycles. The van der Waals surface area contributed by atoms with Gasteiger partial charge in [0.2, 0.25) is 0 Å². The molecule has 0 bridgehead atoms. The molecule has 6 heteroatoms. The number of aromatic nitrogens is 3. The van der Waals surface area contributed by atoms with Crippen LogP contribution >= 0.6 is 0 Å². The Morgan fingerprint density at radius 3 is 2.56 bits per heavy atom. The summed E-state index contributed by atoms with van der Waals surface area (Å²) in [6.07, 6.45) is 0. The first-order valence-electron chi connectivity index (χ1n) is 5.38. The number of nitrogens with zero attached hydrogens (tertiary/aromatic N) is 3. The van der Waals surface area contributed by atoms with Gasteiger partial charge in [0.1, 0.15) is 5.75 Å². The van der Waals surface area contributed by atoms with Gasteiger partial charge in [0.05, 0.1) is 19.4 Å². The molecule has 0 radical (unpaired) electrons. The van der Waals surface area contributed by atoms with Crippen LogP contribution in [0.4, 0.5) is 5.82 Å². The van der Waals surface area contributed by atoms with Crippen molar-refractivity contribution < 1.29 is 4.74 Å². The third kappa shape index (κ3) is 2.27. The van der Waals surface area contributed by atoms with Crippen LogP contribution < -0.4 is 16.2 Å². The molecule has 94 valence electrons. The highest BCUT2D eigenvalue weighted by atomic mass is 16.5. The third-order valence-electron chi connectivity index (χ3n) is 2.57. The Bertz CT molecular complexity index is 558. The molecule has 0 aliphatic rings. The lowest BCUT2D eigenvalue weighted by Crippen LogP contribution is -2.07. The summed E-state index contributed by atoms with van der Waals surface area (Å²) in [6.45, 7) is 4.12. The van der Waals surface area contributed by atoms with Gasteiger partial charge in [-0.05, 0) is 17.7 Å². The molecule has 0 aliphatic heterocycles. The van der Waals surface area contributed by atoms with E-state index in [-0.39, 0.29) is 0 Å². The zero-order chi connectivity index (χ0) is 13.1. The zero-order valence-corrected chi connectivity index (χ0v) is 10.1. The van der Waals surface area contributed by atoms with Crippen LogP contribution in [0.15, 0.2) is 30.8 Å². The standard InChI is InChI=1S/C12H15N5O/c1-8(13)11-12(14)17(16-15-11)7-9-3-5-10(18-2)6-4-9/h3-6H,1,7,13-14H2,2H3. The second-order valence-corrected chi connectivity index (χ2v) is 3.85. The molecule has 0 fully saturated rings. The third-order valence-corrected chi connectivity index (χ3v) is 2.57. The van der Waals surface area contributed by atoms with Gasteiger partial charge in [-0.1, -0.05) is 23.9 Å². The van der Waals surface area contributed by atoms with E-state index in [1.807, 2.05) is 24.3 Å². The number of anilines is 1. The number of nitrogens with two attached hydrogens (primary N) is 2. The molecule has 0 atom stereocenters. The van der Waals surface area contributed by atoms with Gasteiger partial charge in [-0.3, -0.25) is 0 Å². The van der Waals surface area contributed by atoms with Gasteiger partial charge in [-0.2, -0.15) is 0 Å². The normalized spacial score (nSPS) is 10.3. The summed E-state index contributed by atoms with van der Waals surface area (Å²) < 4.78 is 6.67. The SMILES string of the molecule is C=C(N)c1nnn(Cc2ccc(OC)cc2)c1N. The second kappa shape index (κ2) is 4.79. The first kappa shape index (κ1) is 12.0. The Kier molecular flexibility index (Phi) is 3.18. The van der Waals surface area contributed by atoms with E-state index >= 15 is 0 Å². The highest BCUT2D eigenvalue weighted by Crippen LogP contribution is 2.16. The molecular formula is C12H15N5O. The molecular weight excluding hydrogens is 230 g/mol. The van der Waals surface area contributed by atoms with Gasteiger partial charge in [0.15, 0.2) is 11.5 Å². The van der Waals surface area contributed by atoms with Crippen molar-refractivity contribution in [3.63, 3.8) is 0 Å². The Hall–Kier alpha value is -2.50. The highest BCUT2D eigenvalue weighted by molar-refractivity contribution is 5.65. The van der Waals surface area contributed by atoms with Gasteiger partial charge >= 0.3 is 0 Å². The fourth-order valence-electron chi connectivity index (χ4n) is 1.57. The van der Waals surface area contributed by atoms with Gasteiger partial charge in [-0.15, -0.1) is 5.10 Å². The summed E-state index contributed by atoms with van der Waals surface area (Å²) >= 11 is 0. The Morgan fingerprint density at radius 2 is 2.06 bits per heavy atom. The van der Waals surface area contributed by atoms with Crippen molar-refractivity contribution in [2.75, 3.05) is 12.8 Å². The number of hydrogen-bond acceptors (Lipinski definition) is 5. The van der Waals surface area contributed by atoms with Crippen molar-refractivity contribution >= 4 is 11.5 Å². The average molecular weight is 245 g/mol. The maximum absolute atomic E-state index is 5.88. The van der Waals surface area contributed by atoms with E-state index in [4.69, 9.17) is 16.2 Å². The number of hydrogen-bond donors (Lipinski definition) is 2. The van der Waals surface area contributed by atoms with E-state index in [1.165, 1.54) is 0 Å². The lowest BCUT2D eigenvalue weighted by molar-refractivity contribution is 0.414. The molecule has 2 rings (SSSR count). The first-order chi connectivity index (χ1) is 8.61. The Labute approximate surface area is 105 Å². The van der Waals surface area contributed by atoms with E-state index in [9.17, 15) is 0 Å². The number of ether oxygens (including phenoxy) is 1. The van der Waals surface area contributed by atoms with Crippen molar-refractivity contribution in [2.24, 2.45) is 5.73 Å². The van der Waals surface area contributed by atoms with Crippen molar-refractivity contribution in [1.29, 1.82) is 0 Å². The fourth-order valence-corrected chi connectivity index (χ4v) is 1.57. The molecule has 4 N–H and O–H groups in total. The van der Waals surface area contributed by atoms with Gasteiger partial charge in [0, 0.05) is 0 Å². The minimum absolute atomic E-state index is 0.313. The average Bonchev–Trinajstić information content (AvgIpc) is 2.72. The highest BCUT2D eigenvalue weighted by Gasteiger charge is 2.10. The van der Waals surface area contributed by atoms with Crippen LogP contribution in [-0.4, -0.2) is 22.1 Å². The lowest BCUT2D eigenvalue weighted by Gasteiger charge is -2.05. The van der Waals surface area contributed by atoms with E-state index in [2.05, 4.69) is 16.9 Å². The maximum Gasteiger partial charge on any atom is 0.152 e. The minimum atomic E-state index is 0.313. The lowest BCUT2D eigenvalue weighted by atomic mass is 10.2. The van der Waals surface area contributed by atoms with Crippen molar-refractivity contribution in [2.45, 2.75) is 6.54 Å². The summed E-state index contributed by atoms with van der Waals surface area (Å²) in [6, 6.07) is 7.64. The summed E-state index contributed by atoms with van der Waals surface area (Å²) in [5, 5.41) is 7.83. The predicted molar refractivity (Wildman–Crippen MR) is 69.8 cm³/mol. The monoisotopic (exact) mass is 245 g/mol. The molecule has 1 heterocycles. The summed E-state index contributed by atoms with van der Waals surface area (Å²) in [7, 11) is 1.63. The maximum atomic E-state index is 5.88. The molecule has 18 heavy (non-hydrogen) atoms. The second-order valence-electron chi connectivity index (χ2n) is 3.85. The van der Waals surface area contributed by atoms with Gasteiger partial charge in [-0.25, -0.2) is 4.68 Å². The molecule has 0 saturated heterocycles. The van der Waals surface area contributed by atoms with Crippen LogP contribution in [-0.2, 0) is 6.54 Å².